The zero-order valence-electron chi connectivity index (χ0n) is 6.72. The second-order valence-corrected chi connectivity index (χ2v) is 4.60. The molecule has 0 aliphatic heterocycles. The largest absolute Gasteiger partial charge is 0.481 e. The average Bonchev–Trinajstić information content (AvgIpc) is 1.95. The van der Waals surface area contributed by atoms with E-state index in [9.17, 15) is 4.79 Å². The van der Waals surface area contributed by atoms with Gasteiger partial charge in [-0.15, -0.1) is 11.6 Å². The van der Waals surface area contributed by atoms with E-state index in [1.807, 2.05) is 0 Å². The minimum atomic E-state index is -1.02. The van der Waals surface area contributed by atoms with Crippen molar-refractivity contribution in [3.05, 3.63) is 22.2 Å². The van der Waals surface area contributed by atoms with Crippen LogP contribution in [-0.4, -0.2) is 16.0 Å². The molecule has 1 aliphatic rings. The predicted molar refractivity (Wildman–Crippen MR) is 53.3 cm³/mol. The normalized spacial score (nSPS) is 33.7. The Hall–Kier alpha value is -0.180. The number of hydrogen-bond donors (Lipinski definition) is 1. The minimum absolute atomic E-state index is 0.229. The molecule has 0 heterocycles. The predicted octanol–water partition coefficient (Wildman–Crippen LogP) is 2.94. The SMILES string of the molecule is CC1(Cl)C=C(Cl)C(Cl)=CC1C(=O)O. The number of hydrogen-bond acceptors (Lipinski definition) is 1. The van der Waals surface area contributed by atoms with Gasteiger partial charge in [-0.3, -0.25) is 4.79 Å². The summed E-state index contributed by atoms with van der Waals surface area (Å²) < 4.78 is 0. The quantitative estimate of drug-likeness (QED) is 0.717. The summed E-state index contributed by atoms with van der Waals surface area (Å²) in [6.07, 6.45) is 2.79. The smallest absolute Gasteiger partial charge is 0.312 e. The van der Waals surface area contributed by atoms with Crippen molar-refractivity contribution in [2.75, 3.05) is 0 Å². The highest BCUT2D eigenvalue weighted by molar-refractivity contribution is 6.45. The van der Waals surface area contributed by atoms with Gasteiger partial charge in [-0.25, -0.2) is 0 Å². The highest BCUT2D eigenvalue weighted by Gasteiger charge is 2.37. The fourth-order valence-corrected chi connectivity index (χ4v) is 1.90. The van der Waals surface area contributed by atoms with Gasteiger partial charge in [-0.1, -0.05) is 23.2 Å². The molecule has 13 heavy (non-hydrogen) atoms. The molecule has 0 aromatic carbocycles. The Morgan fingerprint density at radius 2 is 2.08 bits per heavy atom. The maximum absolute atomic E-state index is 10.8. The maximum atomic E-state index is 10.8. The number of allylic oxidation sites excluding steroid dienone is 3. The second kappa shape index (κ2) is 3.52. The fourth-order valence-electron chi connectivity index (χ4n) is 1.11. The van der Waals surface area contributed by atoms with Gasteiger partial charge >= 0.3 is 5.97 Å². The van der Waals surface area contributed by atoms with Gasteiger partial charge in [0.05, 0.1) is 20.9 Å². The summed E-state index contributed by atoms with van der Waals surface area (Å²) in [7, 11) is 0. The number of carboxylic acid groups (broad SMARTS) is 1. The molecule has 1 aliphatic carbocycles. The van der Waals surface area contributed by atoms with E-state index in [2.05, 4.69) is 0 Å². The van der Waals surface area contributed by atoms with Crippen LogP contribution in [0.4, 0.5) is 0 Å². The van der Waals surface area contributed by atoms with Gasteiger partial charge in [0.25, 0.3) is 0 Å². The first-order valence-corrected chi connectivity index (χ1v) is 4.66. The van der Waals surface area contributed by atoms with Gasteiger partial charge in [0.1, 0.15) is 0 Å². The molecule has 0 radical (unpaired) electrons. The molecule has 1 N–H and O–H groups in total. The minimum Gasteiger partial charge on any atom is -0.481 e. The molecule has 2 atom stereocenters. The van der Waals surface area contributed by atoms with Crippen molar-refractivity contribution in [3.63, 3.8) is 0 Å². The van der Waals surface area contributed by atoms with Crippen LogP contribution in [0.5, 0.6) is 0 Å². The molecule has 0 aromatic heterocycles. The van der Waals surface area contributed by atoms with Gasteiger partial charge in [-0.2, -0.15) is 0 Å². The third kappa shape index (κ3) is 2.19. The molecule has 0 amide bonds. The lowest BCUT2D eigenvalue weighted by Crippen LogP contribution is -2.33. The van der Waals surface area contributed by atoms with E-state index in [0.29, 0.717) is 0 Å². The number of aliphatic carboxylic acids is 1. The summed E-state index contributed by atoms with van der Waals surface area (Å²) >= 11 is 17.3. The molecule has 0 bridgehead atoms. The molecule has 5 heteroatoms. The van der Waals surface area contributed by atoms with Crippen LogP contribution in [0.1, 0.15) is 6.92 Å². The molecule has 0 saturated carbocycles. The van der Waals surface area contributed by atoms with Crippen LogP contribution in [0.2, 0.25) is 0 Å². The Labute approximate surface area is 90.8 Å². The van der Waals surface area contributed by atoms with E-state index in [1.54, 1.807) is 6.92 Å². The van der Waals surface area contributed by atoms with E-state index >= 15 is 0 Å². The Morgan fingerprint density at radius 1 is 1.54 bits per heavy atom. The van der Waals surface area contributed by atoms with Crippen LogP contribution in [0.3, 0.4) is 0 Å². The van der Waals surface area contributed by atoms with E-state index in [1.165, 1.54) is 12.2 Å². The molecule has 0 saturated heterocycles. The highest BCUT2D eigenvalue weighted by atomic mass is 35.5. The molecule has 0 aromatic rings. The van der Waals surface area contributed by atoms with E-state index in [4.69, 9.17) is 39.9 Å². The van der Waals surface area contributed by atoms with Crippen LogP contribution in [0.25, 0.3) is 0 Å². The second-order valence-electron chi connectivity index (χ2n) is 2.97. The molecule has 0 spiro atoms. The zero-order chi connectivity index (χ0) is 10.2. The zero-order valence-corrected chi connectivity index (χ0v) is 8.99. The molecule has 2 unspecified atom stereocenters. The van der Waals surface area contributed by atoms with Crippen LogP contribution < -0.4 is 0 Å². The van der Waals surface area contributed by atoms with Gasteiger partial charge in [-0.05, 0) is 19.1 Å². The fraction of sp³-hybridized carbons (Fsp3) is 0.375. The number of halogens is 3. The third-order valence-corrected chi connectivity index (χ3v) is 2.91. The summed E-state index contributed by atoms with van der Waals surface area (Å²) in [4.78, 5) is 9.75. The first-order chi connectivity index (χ1) is 5.84. The number of carboxylic acids is 1. The summed E-state index contributed by atoms with van der Waals surface area (Å²) in [5.41, 5.74) is 0. The van der Waals surface area contributed by atoms with Gasteiger partial charge in [0.2, 0.25) is 0 Å². The Kier molecular flexibility index (Phi) is 2.95. The number of rotatable bonds is 1. The van der Waals surface area contributed by atoms with Crippen molar-refractivity contribution >= 4 is 40.8 Å². The van der Waals surface area contributed by atoms with Crippen molar-refractivity contribution in [1.29, 1.82) is 0 Å². The Morgan fingerprint density at radius 3 is 2.54 bits per heavy atom. The summed E-state index contributed by atoms with van der Waals surface area (Å²) in [6.45, 7) is 1.58. The van der Waals surface area contributed by atoms with Crippen LogP contribution in [0.15, 0.2) is 22.2 Å². The van der Waals surface area contributed by atoms with Crippen molar-refractivity contribution in [2.45, 2.75) is 11.8 Å². The monoisotopic (exact) mass is 240 g/mol. The summed E-state index contributed by atoms with van der Waals surface area (Å²) in [5.74, 6) is -1.86. The molecule has 1 rings (SSSR count). The molecule has 72 valence electrons. The van der Waals surface area contributed by atoms with Gasteiger partial charge < -0.3 is 5.11 Å². The number of alkyl halides is 1. The highest BCUT2D eigenvalue weighted by Crippen LogP contribution is 2.38. The maximum Gasteiger partial charge on any atom is 0.312 e. The van der Waals surface area contributed by atoms with Crippen LogP contribution in [-0.2, 0) is 4.79 Å². The van der Waals surface area contributed by atoms with Gasteiger partial charge in [0.15, 0.2) is 0 Å². The van der Waals surface area contributed by atoms with Crippen molar-refractivity contribution in [3.8, 4) is 0 Å². The molecular weight excluding hydrogens is 234 g/mol. The third-order valence-electron chi connectivity index (χ3n) is 1.82. The first kappa shape index (κ1) is 10.9. The molecular formula is C8H7Cl3O2. The summed E-state index contributed by atoms with van der Waals surface area (Å²) in [6, 6.07) is 0. The van der Waals surface area contributed by atoms with Crippen LogP contribution >= 0.6 is 34.8 Å². The van der Waals surface area contributed by atoms with Crippen molar-refractivity contribution in [1.82, 2.24) is 0 Å². The Bertz CT molecular complexity index is 305. The lowest BCUT2D eigenvalue weighted by Gasteiger charge is -2.27. The Balaban J connectivity index is 3.09. The van der Waals surface area contributed by atoms with E-state index in [0.717, 1.165) is 0 Å². The first-order valence-electron chi connectivity index (χ1n) is 3.52. The van der Waals surface area contributed by atoms with Crippen molar-refractivity contribution in [2.24, 2.45) is 5.92 Å². The molecule has 2 nitrogen and oxygen atoms in total. The topological polar surface area (TPSA) is 37.3 Å². The van der Waals surface area contributed by atoms with Crippen LogP contribution in [0, 0.1) is 5.92 Å². The lowest BCUT2D eigenvalue weighted by atomic mass is 9.89. The average molecular weight is 242 g/mol. The van der Waals surface area contributed by atoms with E-state index < -0.39 is 16.8 Å². The molecule has 0 fully saturated rings. The number of carbonyl (C=O) groups is 1. The van der Waals surface area contributed by atoms with E-state index in [-0.39, 0.29) is 10.1 Å². The van der Waals surface area contributed by atoms with Crippen molar-refractivity contribution < 1.29 is 9.90 Å². The van der Waals surface area contributed by atoms with Gasteiger partial charge in [0, 0.05) is 0 Å². The standard InChI is InChI=1S/C8H7Cl3O2/c1-8(11)3-6(10)5(9)2-4(8)7(12)13/h2-4H,1H3,(H,12,13). The summed E-state index contributed by atoms with van der Waals surface area (Å²) in [5, 5.41) is 9.34. The lowest BCUT2D eigenvalue weighted by molar-refractivity contribution is -0.140.